The summed E-state index contributed by atoms with van der Waals surface area (Å²) in [4.78, 5) is 4.91. The van der Waals surface area contributed by atoms with Gasteiger partial charge in [0.2, 0.25) is 0 Å². The maximum Gasteiger partial charge on any atom is 0.0209 e. The zero-order chi connectivity index (χ0) is 11.1. The molecule has 0 saturated carbocycles. The van der Waals surface area contributed by atoms with E-state index in [1.54, 1.807) is 0 Å². The molecule has 6 atom stereocenters. The van der Waals surface area contributed by atoms with E-state index in [2.05, 4.69) is 9.80 Å². The lowest BCUT2D eigenvalue weighted by molar-refractivity contribution is 0.346. The van der Waals surface area contributed by atoms with Gasteiger partial charge in [-0.1, -0.05) is 0 Å². The Morgan fingerprint density at radius 2 is 0.950 bits per heavy atom. The highest BCUT2D eigenvalue weighted by Crippen LogP contribution is 2.26. The second kappa shape index (κ2) is 9.90. The van der Waals surface area contributed by atoms with Crippen LogP contribution >= 0.6 is 49.6 Å². The molecule has 0 spiro atoms. The Bertz CT molecular complexity index is 242. The van der Waals surface area contributed by atoms with Crippen LogP contribution in [-0.4, -0.2) is 61.2 Å². The van der Waals surface area contributed by atoms with Crippen LogP contribution in [0.3, 0.4) is 0 Å². The topological polar surface area (TPSA) is 58.5 Å². The largest absolute Gasteiger partial charge is 0.326 e. The maximum absolute atomic E-state index is 5.78. The van der Waals surface area contributed by atoms with Crippen LogP contribution in [0.5, 0.6) is 0 Å². The highest BCUT2D eigenvalue weighted by atomic mass is 35.5. The number of rotatable bonds is 0. The minimum Gasteiger partial charge on any atom is -0.326 e. The van der Waals surface area contributed by atoms with E-state index in [4.69, 9.17) is 11.5 Å². The Morgan fingerprint density at radius 1 is 0.600 bits per heavy atom. The second-order valence-electron chi connectivity index (χ2n) is 5.94. The van der Waals surface area contributed by atoms with Gasteiger partial charge in [0.05, 0.1) is 0 Å². The minimum atomic E-state index is 0. The summed E-state index contributed by atoms with van der Waals surface area (Å²) in [5, 5.41) is 0. The molecule has 4 fully saturated rings. The number of hydrogen-bond donors (Lipinski definition) is 2. The molecular formula is C12H28Cl4N4. The first-order chi connectivity index (χ1) is 7.72. The second-order valence-corrected chi connectivity index (χ2v) is 5.94. The fourth-order valence-electron chi connectivity index (χ4n) is 3.65. The fraction of sp³-hybridized carbons (Fsp3) is 1.00. The van der Waals surface area contributed by atoms with Gasteiger partial charge in [0.25, 0.3) is 0 Å². The van der Waals surface area contributed by atoms with E-state index < -0.39 is 0 Å². The van der Waals surface area contributed by atoms with Crippen molar-refractivity contribution in [3.05, 3.63) is 0 Å². The highest BCUT2D eigenvalue weighted by Gasteiger charge is 2.35. The quantitative estimate of drug-likeness (QED) is 0.668. The molecule has 4 aliphatic rings. The third-order valence-corrected chi connectivity index (χ3v) is 4.77. The van der Waals surface area contributed by atoms with E-state index in [0.29, 0.717) is 12.1 Å². The number of hydrogen-bond acceptors (Lipinski definition) is 4. The molecule has 20 heavy (non-hydrogen) atoms. The van der Waals surface area contributed by atoms with E-state index in [-0.39, 0.29) is 49.6 Å². The van der Waals surface area contributed by atoms with Crippen LogP contribution in [0.1, 0.15) is 12.8 Å². The third kappa shape index (κ3) is 5.03. The molecule has 4 heterocycles. The zero-order valence-corrected chi connectivity index (χ0v) is 14.9. The average Bonchev–Trinajstić information content (AvgIpc) is 2.94. The van der Waals surface area contributed by atoms with Crippen LogP contribution in [0.2, 0.25) is 0 Å². The molecule has 0 aromatic carbocycles. The molecule has 4 bridgehead atoms. The first kappa shape index (κ1) is 23.3. The Labute approximate surface area is 147 Å². The zero-order valence-electron chi connectivity index (χ0n) is 11.6. The molecule has 8 heteroatoms. The van der Waals surface area contributed by atoms with Gasteiger partial charge in [0, 0.05) is 38.3 Å². The van der Waals surface area contributed by atoms with Crippen LogP contribution in [0.15, 0.2) is 0 Å². The molecule has 4 saturated heterocycles. The summed E-state index contributed by atoms with van der Waals surface area (Å²) in [6, 6.07) is 1.01. The summed E-state index contributed by atoms with van der Waals surface area (Å²) in [7, 11) is 0. The van der Waals surface area contributed by atoms with Crippen LogP contribution in [0.4, 0.5) is 0 Å². The Morgan fingerprint density at radius 3 is 1.05 bits per heavy atom. The van der Waals surface area contributed by atoms with Crippen LogP contribution < -0.4 is 11.5 Å². The Hall–Kier alpha value is 1.000. The predicted molar refractivity (Wildman–Crippen MR) is 94.0 cm³/mol. The molecule has 0 aromatic rings. The number of nitrogens with two attached hydrogens (primary N) is 2. The number of fused-ring (bicyclic) bond motifs is 4. The van der Waals surface area contributed by atoms with Crippen molar-refractivity contribution in [3.8, 4) is 0 Å². The van der Waals surface area contributed by atoms with Gasteiger partial charge < -0.3 is 21.3 Å². The van der Waals surface area contributed by atoms with Crippen molar-refractivity contribution in [2.24, 2.45) is 23.3 Å². The normalized spacial score (nSPS) is 42.3. The van der Waals surface area contributed by atoms with Crippen molar-refractivity contribution in [3.63, 3.8) is 0 Å². The maximum atomic E-state index is 5.78. The molecule has 0 radical (unpaired) electrons. The van der Waals surface area contributed by atoms with Crippen molar-refractivity contribution < 1.29 is 0 Å². The number of piperidine rings is 2. The Balaban J connectivity index is 0. The lowest BCUT2D eigenvalue weighted by atomic mass is 10.0. The van der Waals surface area contributed by atoms with Gasteiger partial charge in [-0.3, -0.25) is 0 Å². The molecule has 0 aromatic heterocycles. The van der Waals surface area contributed by atoms with Gasteiger partial charge in [-0.25, -0.2) is 0 Å². The smallest absolute Gasteiger partial charge is 0.0209 e. The fourth-order valence-corrected chi connectivity index (χ4v) is 3.65. The third-order valence-electron chi connectivity index (χ3n) is 4.77. The van der Waals surface area contributed by atoms with Crippen molar-refractivity contribution in [2.45, 2.75) is 24.9 Å². The first-order valence-electron chi connectivity index (χ1n) is 6.68. The van der Waals surface area contributed by atoms with Crippen molar-refractivity contribution in [2.75, 3.05) is 39.3 Å². The lowest BCUT2D eigenvalue weighted by Gasteiger charge is -2.16. The molecule has 124 valence electrons. The summed E-state index contributed by atoms with van der Waals surface area (Å²) in [5.74, 6) is 1.69. The lowest BCUT2D eigenvalue weighted by Crippen LogP contribution is -2.34. The molecule has 4 aliphatic heterocycles. The van der Waals surface area contributed by atoms with E-state index >= 15 is 0 Å². The average molecular weight is 370 g/mol. The molecule has 4 nitrogen and oxygen atoms in total. The molecule has 0 aliphatic carbocycles. The first-order valence-corrected chi connectivity index (χ1v) is 6.68. The van der Waals surface area contributed by atoms with Gasteiger partial charge in [-0.15, -0.1) is 49.6 Å². The van der Waals surface area contributed by atoms with Gasteiger partial charge in [0.15, 0.2) is 0 Å². The van der Waals surface area contributed by atoms with E-state index in [9.17, 15) is 0 Å². The van der Waals surface area contributed by atoms with Gasteiger partial charge >= 0.3 is 0 Å². The molecular weight excluding hydrogens is 342 g/mol. The van der Waals surface area contributed by atoms with Crippen molar-refractivity contribution in [1.29, 1.82) is 0 Å². The molecule has 0 amide bonds. The molecule has 4 rings (SSSR count). The van der Waals surface area contributed by atoms with Gasteiger partial charge in [-0.2, -0.15) is 0 Å². The van der Waals surface area contributed by atoms with E-state index in [0.717, 1.165) is 24.9 Å². The minimum absolute atomic E-state index is 0. The van der Waals surface area contributed by atoms with Crippen molar-refractivity contribution >= 4 is 49.6 Å². The van der Waals surface area contributed by atoms with Gasteiger partial charge in [-0.05, 0) is 37.8 Å². The summed E-state index contributed by atoms with van der Waals surface area (Å²) < 4.78 is 0. The standard InChI is InChI=1S/2C6H12N2.4ClH/c2*7-6-4-8-2-1-5(6)3-8;;;;/h2*5-6H,1-4,7H2;4*1H/t2*5-,6-;;;;/m10..../s1. The summed E-state index contributed by atoms with van der Waals surface area (Å²) in [6.07, 6.45) is 2.70. The van der Waals surface area contributed by atoms with Crippen LogP contribution in [0, 0.1) is 11.8 Å². The molecule has 2 unspecified atom stereocenters. The van der Waals surface area contributed by atoms with E-state index in [1.165, 1.54) is 39.0 Å². The van der Waals surface area contributed by atoms with Crippen molar-refractivity contribution in [1.82, 2.24) is 9.80 Å². The van der Waals surface area contributed by atoms with Crippen LogP contribution in [-0.2, 0) is 0 Å². The highest BCUT2D eigenvalue weighted by molar-refractivity contribution is 5.86. The van der Waals surface area contributed by atoms with E-state index in [1.807, 2.05) is 0 Å². The summed E-state index contributed by atoms with van der Waals surface area (Å²) >= 11 is 0. The summed E-state index contributed by atoms with van der Waals surface area (Å²) in [5.41, 5.74) is 11.6. The van der Waals surface area contributed by atoms with Gasteiger partial charge in [0.1, 0.15) is 0 Å². The SMILES string of the molecule is Cl.Cl.Cl.Cl.N[C@@H]1CN2CC[C@@H]1C2.N[C@H]1CN2CC[C@H]1C2. The Kier molecular flexibility index (Phi) is 11.5. The number of halogens is 4. The molecule has 4 N–H and O–H groups in total. The predicted octanol–water partition coefficient (Wildman–Crippen LogP) is 0.986. The summed E-state index contributed by atoms with van der Waals surface area (Å²) in [6.45, 7) is 7.48. The number of nitrogens with zero attached hydrogens (tertiary/aromatic N) is 2. The van der Waals surface area contributed by atoms with Crippen LogP contribution in [0.25, 0.3) is 0 Å². The monoisotopic (exact) mass is 368 g/mol.